The van der Waals surface area contributed by atoms with Crippen LogP contribution in [0.2, 0.25) is 0 Å². The standard InChI is InChI=1S/C10H9N3S2/c1-6-3-4-7-8(5-6)15-10-12-11-9(14-2)13(7)10/h3-5H,1-2H3. The first kappa shape index (κ1) is 9.18. The molecule has 0 saturated carbocycles. The van der Waals surface area contributed by atoms with Crippen LogP contribution < -0.4 is 0 Å². The molecule has 0 aliphatic heterocycles. The molecule has 2 heterocycles. The van der Waals surface area contributed by atoms with E-state index in [0.717, 1.165) is 10.1 Å². The molecule has 15 heavy (non-hydrogen) atoms. The molecule has 0 unspecified atom stereocenters. The van der Waals surface area contributed by atoms with Crippen LogP contribution >= 0.6 is 23.1 Å². The van der Waals surface area contributed by atoms with E-state index in [1.165, 1.54) is 15.8 Å². The van der Waals surface area contributed by atoms with Gasteiger partial charge in [-0.2, -0.15) is 0 Å². The predicted molar refractivity (Wildman–Crippen MR) is 64.9 cm³/mol. The topological polar surface area (TPSA) is 30.2 Å². The van der Waals surface area contributed by atoms with Crippen LogP contribution in [0.5, 0.6) is 0 Å². The lowest BCUT2D eigenvalue weighted by atomic mass is 10.2. The highest BCUT2D eigenvalue weighted by molar-refractivity contribution is 7.98. The Balaban J connectivity index is 2.49. The van der Waals surface area contributed by atoms with Gasteiger partial charge < -0.3 is 0 Å². The maximum Gasteiger partial charge on any atom is 0.217 e. The smallest absolute Gasteiger partial charge is 0.217 e. The van der Waals surface area contributed by atoms with Crippen molar-refractivity contribution in [3.8, 4) is 0 Å². The Labute approximate surface area is 95.1 Å². The van der Waals surface area contributed by atoms with E-state index in [4.69, 9.17) is 0 Å². The van der Waals surface area contributed by atoms with E-state index in [9.17, 15) is 0 Å². The largest absolute Gasteiger partial charge is 0.260 e. The fourth-order valence-corrected chi connectivity index (χ4v) is 3.26. The molecule has 5 heteroatoms. The zero-order chi connectivity index (χ0) is 10.4. The number of thiazole rings is 1. The molecule has 0 aliphatic carbocycles. The first-order valence-corrected chi connectivity index (χ1v) is 6.62. The summed E-state index contributed by atoms with van der Waals surface area (Å²) in [5.41, 5.74) is 2.49. The van der Waals surface area contributed by atoms with Gasteiger partial charge in [-0.1, -0.05) is 29.2 Å². The number of aryl methyl sites for hydroxylation is 1. The summed E-state index contributed by atoms with van der Waals surface area (Å²) in [4.78, 5) is 0.972. The number of thioether (sulfide) groups is 1. The fourth-order valence-electron chi connectivity index (χ4n) is 1.65. The van der Waals surface area contributed by atoms with Gasteiger partial charge in [0.25, 0.3) is 0 Å². The molecule has 2 aromatic heterocycles. The van der Waals surface area contributed by atoms with Crippen molar-refractivity contribution in [2.24, 2.45) is 0 Å². The molecule has 0 amide bonds. The second-order valence-electron chi connectivity index (χ2n) is 3.38. The van der Waals surface area contributed by atoms with Crippen molar-refractivity contribution >= 4 is 38.3 Å². The van der Waals surface area contributed by atoms with Gasteiger partial charge in [-0.15, -0.1) is 10.2 Å². The lowest BCUT2D eigenvalue weighted by molar-refractivity contribution is 0.944. The van der Waals surface area contributed by atoms with E-state index in [1.54, 1.807) is 23.1 Å². The lowest BCUT2D eigenvalue weighted by Gasteiger charge is -1.95. The second kappa shape index (κ2) is 3.21. The molecule has 0 saturated heterocycles. The SMILES string of the molecule is CSc1nnc2sc3cc(C)ccc3n12. The highest BCUT2D eigenvalue weighted by Crippen LogP contribution is 2.29. The third-order valence-electron chi connectivity index (χ3n) is 2.34. The lowest BCUT2D eigenvalue weighted by Crippen LogP contribution is -1.83. The number of hydrogen-bond acceptors (Lipinski definition) is 4. The van der Waals surface area contributed by atoms with Crippen molar-refractivity contribution in [3.05, 3.63) is 23.8 Å². The minimum atomic E-state index is 0.958. The molecule has 0 aliphatic rings. The van der Waals surface area contributed by atoms with Crippen LogP contribution in [0.1, 0.15) is 5.56 Å². The molecule has 1 aromatic carbocycles. The van der Waals surface area contributed by atoms with E-state index in [1.807, 2.05) is 6.26 Å². The number of aromatic nitrogens is 3. The number of rotatable bonds is 1. The first-order valence-electron chi connectivity index (χ1n) is 4.58. The van der Waals surface area contributed by atoms with Crippen molar-refractivity contribution in [1.29, 1.82) is 0 Å². The molecule has 0 N–H and O–H groups in total. The van der Waals surface area contributed by atoms with Crippen LogP contribution in [0, 0.1) is 6.92 Å². The average molecular weight is 235 g/mol. The van der Waals surface area contributed by atoms with Crippen molar-refractivity contribution < 1.29 is 0 Å². The van der Waals surface area contributed by atoms with Crippen molar-refractivity contribution in [3.63, 3.8) is 0 Å². The zero-order valence-corrected chi connectivity index (χ0v) is 10.0. The molecule has 0 bridgehead atoms. The quantitative estimate of drug-likeness (QED) is 0.607. The van der Waals surface area contributed by atoms with Crippen LogP contribution in [-0.2, 0) is 0 Å². The number of benzene rings is 1. The Morgan fingerprint density at radius 1 is 1.33 bits per heavy atom. The number of hydrogen-bond donors (Lipinski definition) is 0. The second-order valence-corrected chi connectivity index (χ2v) is 5.16. The van der Waals surface area contributed by atoms with Crippen LogP contribution in [0.25, 0.3) is 15.2 Å². The Kier molecular flexibility index (Phi) is 1.97. The monoisotopic (exact) mass is 235 g/mol. The Morgan fingerprint density at radius 2 is 2.20 bits per heavy atom. The Hall–Kier alpha value is -1.07. The summed E-state index contributed by atoms with van der Waals surface area (Å²) in [7, 11) is 0. The van der Waals surface area contributed by atoms with Gasteiger partial charge in [-0.05, 0) is 30.9 Å². The summed E-state index contributed by atoms with van der Waals surface area (Å²) in [5, 5.41) is 9.26. The van der Waals surface area contributed by atoms with Gasteiger partial charge in [-0.25, -0.2) is 0 Å². The molecule has 3 aromatic rings. The molecule has 0 radical (unpaired) electrons. The molecular formula is C10H9N3S2. The van der Waals surface area contributed by atoms with Crippen LogP contribution in [-0.4, -0.2) is 20.9 Å². The summed E-state index contributed by atoms with van der Waals surface area (Å²) in [6.45, 7) is 2.11. The molecular weight excluding hydrogens is 226 g/mol. The summed E-state index contributed by atoms with van der Waals surface area (Å²) >= 11 is 3.31. The summed E-state index contributed by atoms with van der Waals surface area (Å²) in [6.07, 6.45) is 2.02. The maximum absolute atomic E-state index is 4.17. The Bertz CT molecular complexity index is 638. The molecule has 76 valence electrons. The van der Waals surface area contributed by atoms with E-state index >= 15 is 0 Å². The molecule has 0 fully saturated rings. The van der Waals surface area contributed by atoms with E-state index < -0.39 is 0 Å². The average Bonchev–Trinajstić information content (AvgIpc) is 2.74. The van der Waals surface area contributed by atoms with Crippen molar-refractivity contribution in [2.45, 2.75) is 12.1 Å². The van der Waals surface area contributed by atoms with Gasteiger partial charge in [0.05, 0.1) is 10.2 Å². The molecule has 3 nitrogen and oxygen atoms in total. The predicted octanol–water partition coefficient (Wildman–Crippen LogP) is 2.97. The molecule has 3 rings (SSSR count). The van der Waals surface area contributed by atoms with Crippen LogP contribution in [0.15, 0.2) is 23.4 Å². The summed E-state index contributed by atoms with van der Waals surface area (Å²) < 4.78 is 3.39. The maximum atomic E-state index is 4.17. The highest BCUT2D eigenvalue weighted by Gasteiger charge is 2.10. The zero-order valence-electron chi connectivity index (χ0n) is 8.39. The minimum Gasteiger partial charge on any atom is -0.260 e. The van der Waals surface area contributed by atoms with Gasteiger partial charge in [0.15, 0.2) is 5.16 Å². The highest BCUT2D eigenvalue weighted by atomic mass is 32.2. The third-order valence-corrected chi connectivity index (χ3v) is 3.97. The minimum absolute atomic E-state index is 0.958. The van der Waals surface area contributed by atoms with E-state index in [0.29, 0.717) is 0 Å². The van der Waals surface area contributed by atoms with Gasteiger partial charge in [-0.3, -0.25) is 4.40 Å². The number of fused-ring (bicyclic) bond motifs is 3. The molecule has 0 atom stereocenters. The normalized spacial score (nSPS) is 11.6. The van der Waals surface area contributed by atoms with Crippen LogP contribution in [0.3, 0.4) is 0 Å². The Morgan fingerprint density at radius 3 is 3.00 bits per heavy atom. The summed E-state index contributed by atoms with van der Waals surface area (Å²) in [5.74, 6) is 0. The number of nitrogens with zero attached hydrogens (tertiary/aromatic N) is 3. The van der Waals surface area contributed by atoms with Gasteiger partial charge in [0.1, 0.15) is 0 Å². The summed E-state index contributed by atoms with van der Waals surface area (Å²) in [6, 6.07) is 6.45. The van der Waals surface area contributed by atoms with Gasteiger partial charge >= 0.3 is 0 Å². The van der Waals surface area contributed by atoms with Gasteiger partial charge in [0, 0.05) is 0 Å². The molecule has 0 spiro atoms. The third kappa shape index (κ3) is 1.27. The van der Waals surface area contributed by atoms with Crippen LogP contribution in [0.4, 0.5) is 0 Å². The first-order chi connectivity index (χ1) is 7.29. The fraction of sp³-hybridized carbons (Fsp3) is 0.200. The van der Waals surface area contributed by atoms with E-state index in [-0.39, 0.29) is 0 Å². The van der Waals surface area contributed by atoms with Crippen molar-refractivity contribution in [2.75, 3.05) is 6.26 Å². The van der Waals surface area contributed by atoms with Gasteiger partial charge in [0.2, 0.25) is 4.96 Å². The van der Waals surface area contributed by atoms with E-state index in [2.05, 4.69) is 39.7 Å². The van der Waals surface area contributed by atoms with Crippen molar-refractivity contribution in [1.82, 2.24) is 14.6 Å².